The molecular formula is C13H18N4S2. The molecule has 0 atom stereocenters. The average molecular weight is 294 g/mol. The maximum atomic E-state index is 7.39. The quantitative estimate of drug-likeness (QED) is 0.742. The van der Waals surface area contributed by atoms with Crippen molar-refractivity contribution in [3.8, 4) is 0 Å². The zero-order chi connectivity index (χ0) is 13.2. The topological polar surface area (TPSA) is 65.1 Å². The van der Waals surface area contributed by atoms with Crippen LogP contribution in [0, 0.1) is 5.41 Å². The molecule has 19 heavy (non-hydrogen) atoms. The van der Waals surface area contributed by atoms with Gasteiger partial charge in [0.1, 0.15) is 0 Å². The van der Waals surface area contributed by atoms with E-state index in [1.165, 1.54) is 16.0 Å². The Morgan fingerprint density at radius 2 is 2.21 bits per heavy atom. The third kappa shape index (κ3) is 2.72. The van der Waals surface area contributed by atoms with E-state index >= 15 is 0 Å². The van der Waals surface area contributed by atoms with Crippen molar-refractivity contribution in [3.63, 3.8) is 0 Å². The highest BCUT2D eigenvalue weighted by atomic mass is 32.2. The number of nitrogens with one attached hydrogen (secondary N) is 2. The first-order valence-corrected chi connectivity index (χ1v) is 8.26. The van der Waals surface area contributed by atoms with Crippen LogP contribution in [0.3, 0.4) is 0 Å². The van der Waals surface area contributed by atoms with Gasteiger partial charge in [-0.3, -0.25) is 4.90 Å². The van der Waals surface area contributed by atoms with E-state index in [4.69, 9.17) is 11.1 Å². The van der Waals surface area contributed by atoms with Gasteiger partial charge in [0.15, 0.2) is 0 Å². The van der Waals surface area contributed by atoms with Gasteiger partial charge >= 0.3 is 0 Å². The van der Waals surface area contributed by atoms with Gasteiger partial charge in [0.05, 0.1) is 5.70 Å². The summed E-state index contributed by atoms with van der Waals surface area (Å²) in [6.07, 6.45) is 1.37. The van der Waals surface area contributed by atoms with E-state index in [-0.39, 0.29) is 0 Å². The number of thioether (sulfide) groups is 1. The molecule has 3 heterocycles. The SMILES string of the molecule is N=CC1=C(N)c2cc(CN3CCNCC3)sc2CS1. The first-order chi connectivity index (χ1) is 9.28. The Hall–Kier alpha value is -0.820. The Morgan fingerprint density at radius 1 is 1.42 bits per heavy atom. The fraction of sp³-hybridized carbons (Fsp3) is 0.462. The molecule has 1 aromatic rings. The molecule has 1 fully saturated rings. The van der Waals surface area contributed by atoms with E-state index in [0.29, 0.717) is 0 Å². The van der Waals surface area contributed by atoms with Crippen molar-refractivity contribution in [2.75, 3.05) is 26.2 Å². The molecule has 1 aromatic heterocycles. The van der Waals surface area contributed by atoms with E-state index in [9.17, 15) is 0 Å². The number of fused-ring (bicyclic) bond motifs is 1. The fourth-order valence-corrected chi connectivity index (χ4v) is 4.68. The summed E-state index contributed by atoms with van der Waals surface area (Å²) in [4.78, 5) is 6.14. The maximum Gasteiger partial charge on any atom is 0.0553 e. The summed E-state index contributed by atoms with van der Waals surface area (Å²) < 4.78 is 0. The molecule has 102 valence electrons. The van der Waals surface area contributed by atoms with Gasteiger partial charge in [-0.15, -0.1) is 23.1 Å². The Kier molecular flexibility index (Phi) is 3.93. The number of thiophene rings is 1. The van der Waals surface area contributed by atoms with Crippen LogP contribution >= 0.6 is 23.1 Å². The Morgan fingerprint density at radius 3 is 2.95 bits per heavy atom. The molecule has 0 aromatic carbocycles. The zero-order valence-corrected chi connectivity index (χ0v) is 12.4. The van der Waals surface area contributed by atoms with Crippen LogP contribution in [0.1, 0.15) is 15.3 Å². The van der Waals surface area contributed by atoms with Gasteiger partial charge in [-0.25, -0.2) is 0 Å². The summed E-state index contributed by atoms with van der Waals surface area (Å²) in [6.45, 7) is 5.43. The lowest BCUT2D eigenvalue weighted by Crippen LogP contribution is -2.42. The Balaban J connectivity index is 1.79. The summed E-state index contributed by atoms with van der Waals surface area (Å²) in [5.41, 5.74) is 8.08. The van der Waals surface area contributed by atoms with E-state index in [0.717, 1.165) is 54.6 Å². The second-order valence-electron chi connectivity index (χ2n) is 4.79. The number of nitrogens with two attached hydrogens (primary N) is 1. The number of rotatable bonds is 3. The van der Waals surface area contributed by atoms with Gasteiger partial charge in [-0.1, -0.05) is 0 Å². The van der Waals surface area contributed by atoms with E-state index in [1.54, 1.807) is 11.8 Å². The van der Waals surface area contributed by atoms with E-state index in [1.807, 2.05) is 11.3 Å². The first-order valence-electron chi connectivity index (χ1n) is 6.46. The Bertz CT molecular complexity index is 515. The summed E-state index contributed by atoms with van der Waals surface area (Å²) in [7, 11) is 0. The molecule has 0 radical (unpaired) electrons. The number of piperazine rings is 1. The molecule has 0 aliphatic carbocycles. The van der Waals surface area contributed by atoms with Gasteiger partial charge in [0.2, 0.25) is 0 Å². The van der Waals surface area contributed by atoms with Crippen LogP contribution < -0.4 is 11.1 Å². The minimum atomic E-state index is 0.782. The molecule has 1 saturated heterocycles. The minimum absolute atomic E-state index is 0.782. The number of nitrogens with zero attached hydrogens (tertiary/aromatic N) is 1. The van der Waals surface area contributed by atoms with Gasteiger partial charge in [0, 0.05) is 64.9 Å². The minimum Gasteiger partial charge on any atom is -0.397 e. The molecule has 4 nitrogen and oxygen atoms in total. The lowest BCUT2D eigenvalue weighted by Gasteiger charge is -2.26. The third-order valence-corrected chi connectivity index (χ3v) is 5.88. The van der Waals surface area contributed by atoms with Crippen LogP contribution in [0.25, 0.3) is 5.70 Å². The second-order valence-corrected chi connectivity index (χ2v) is 7.03. The normalized spacial score (nSPS) is 20.4. The van der Waals surface area contributed by atoms with Crippen molar-refractivity contribution in [3.05, 3.63) is 26.3 Å². The van der Waals surface area contributed by atoms with Crippen molar-refractivity contribution < 1.29 is 0 Å². The molecule has 0 bridgehead atoms. The van der Waals surface area contributed by atoms with Crippen molar-refractivity contribution in [2.45, 2.75) is 12.3 Å². The molecule has 0 spiro atoms. The first kappa shape index (κ1) is 13.2. The average Bonchev–Trinajstić information content (AvgIpc) is 2.84. The molecule has 2 aliphatic rings. The van der Waals surface area contributed by atoms with Crippen LogP contribution in [0.2, 0.25) is 0 Å². The lowest BCUT2D eigenvalue weighted by atomic mass is 10.1. The van der Waals surface area contributed by atoms with Crippen molar-refractivity contribution in [2.24, 2.45) is 5.73 Å². The predicted octanol–water partition coefficient (Wildman–Crippen LogP) is 1.68. The number of hydrogen-bond acceptors (Lipinski definition) is 6. The number of hydrogen-bond donors (Lipinski definition) is 3. The summed E-state index contributed by atoms with van der Waals surface area (Å²) in [5, 5.41) is 10.8. The smallest absolute Gasteiger partial charge is 0.0553 e. The molecule has 0 saturated carbocycles. The summed E-state index contributed by atoms with van der Waals surface area (Å²) in [5.74, 6) is 0.951. The van der Waals surface area contributed by atoms with Crippen LogP contribution in [0.5, 0.6) is 0 Å². The van der Waals surface area contributed by atoms with Crippen LogP contribution in [0.4, 0.5) is 0 Å². The second kappa shape index (κ2) is 5.66. The summed E-state index contributed by atoms with van der Waals surface area (Å²) in [6, 6.07) is 2.22. The van der Waals surface area contributed by atoms with Crippen LogP contribution in [-0.4, -0.2) is 37.3 Å². The number of allylic oxidation sites excluding steroid dienone is 1. The zero-order valence-electron chi connectivity index (χ0n) is 10.7. The predicted molar refractivity (Wildman–Crippen MR) is 83.7 cm³/mol. The van der Waals surface area contributed by atoms with Gasteiger partial charge in [-0.05, 0) is 6.07 Å². The molecule has 3 rings (SSSR count). The monoisotopic (exact) mass is 294 g/mol. The van der Waals surface area contributed by atoms with Gasteiger partial charge in [-0.2, -0.15) is 0 Å². The van der Waals surface area contributed by atoms with Crippen molar-refractivity contribution in [1.29, 1.82) is 5.41 Å². The van der Waals surface area contributed by atoms with Crippen molar-refractivity contribution >= 4 is 35.0 Å². The van der Waals surface area contributed by atoms with Crippen molar-refractivity contribution in [1.82, 2.24) is 10.2 Å². The van der Waals surface area contributed by atoms with E-state index < -0.39 is 0 Å². The lowest BCUT2D eigenvalue weighted by molar-refractivity contribution is 0.235. The largest absolute Gasteiger partial charge is 0.397 e. The molecule has 6 heteroatoms. The molecule has 2 aliphatic heterocycles. The molecular weight excluding hydrogens is 276 g/mol. The third-order valence-electron chi connectivity index (χ3n) is 3.49. The summed E-state index contributed by atoms with van der Waals surface area (Å²) >= 11 is 3.54. The Labute approximate surface area is 121 Å². The fourth-order valence-electron chi connectivity index (χ4n) is 2.46. The van der Waals surface area contributed by atoms with Crippen LogP contribution in [-0.2, 0) is 12.3 Å². The standard InChI is InChI=1S/C13H18N4S2/c14-6-11-13(15)10-5-9(19-12(10)8-18-11)7-17-3-1-16-2-4-17/h5-6,14,16H,1-4,7-8,15H2. The van der Waals surface area contributed by atoms with Crippen LogP contribution in [0.15, 0.2) is 11.0 Å². The highest BCUT2D eigenvalue weighted by Crippen LogP contribution is 2.39. The van der Waals surface area contributed by atoms with Gasteiger partial charge < -0.3 is 16.5 Å². The van der Waals surface area contributed by atoms with E-state index in [2.05, 4.69) is 16.3 Å². The molecule has 0 amide bonds. The highest BCUT2D eigenvalue weighted by molar-refractivity contribution is 8.03. The molecule has 0 unspecified atom stereocenters. The maximum absolute atomic E-state index is 7.39. The molecule has 4 N–H and O–H groups in total. The van der Waals surface area contributed by atoms with Gasteiger partial charge in [0.25, 0.3) is 0 Å². The highest BCUT2D eigenvalue weighted by Gasteiger charge is 2.20.